The summed E-state index contributed by atoms with van der Waals surface area (Å²) in [4.78, 5) is 11.4. The molecule has 0 unspecified atom stereocenters. The van der Waals surface area contributed by atoms with Crippen LogP contribution in [0.4, 0.5) is 0 Å². The van der Waals surface area contributed by atoms with E-state index in [2.05, 4.69) is 32.1 Å². The summed E-state index contributed by atoms with van der Waals surface area (Å²) in [5, 5.41) is 0. The molecule has 2 nitrogen and oxygen atoms in total. The fraction of sp³-hybridized carbons (Fsp3) is 0.500. The second-order valence-electron chi connectivity index (χ2n) is 6.45. The van der Waals surface area contributed by atoms with Crippen molar-refractivity contribution >= 4 is 5.97 Å². The smallest absolute Gasteiger partial charge is 0.343 e. The van der Waals surface area contributed by atoms with Crippen molar-refractivity contribution in [3.63, 3.8) is 0 Å². The number of carbonyl (C=O) groups is 1. The third-order valence-corrected chi connectivity index (χ3v) is 4.41. The maximum absolute atomic E-state index is 11.4. The molecule has 130 valence electrons. The zero-order chi connectivity index (χ0) is 17.2. The average Bonchev–Trinajstić information content (AvgIpc) is 2.96. The Morgan fingerprint density at radius 1 is 1.00 bits per heavy atom. The van der Waals surface area contributed by atoms with Gasteiger partial charge in [0.2, 0.25) is 0 Å². The minimum Gasteiger partial charge on any atom is -0.423 e. The van der Waals surface area contributed by atoms with Gasteiger partial charge in [0.05, 0.1) is 5.57 Å². The Morgan fingerprint density at radius 3 is 2.46 bits per heavy atom. The van der Waals surface area contributed by atoms with E-state index in [0.29, 0.717) is 0 Å². The van der Waals surface area contributed by atoms with Crippen LogP contribution < -0.4 is 0 Å². The maximum atomic E-state index is 11.4. The van der Waals surface area contributed by atoms with E-state index in [-0.39, 0.29) is 5.97 Å². The fourth-order valence-electron chi connectivity index (χ4n) is 3.03. The Labute approximate surface area is 146 Å². The normalized spacial score (nSPS) is 22.5. The molecular weight excluding hydrogens is 296 g/mol. The summed E-state index contributed by atoms with van der Waals surface area (Å²) in [5.74, 6) is 0.620. The lowest BCUT2D eigenvalue weighted by molar-refractivity contribution is -0.132. The van der Waals surface area contributed by atoms with Gasteiger partial charge >= 0.3 is 5.97 Å². The highest BCUT2D eigenvalue weighted by molar-refractivity contribution is 5.97. The van der Waals surface area contributed by atoms with Gasteiger partial charge in [-0.15, -0.1) is 0 Å². The molecule has 0 fully saturated rings. The molecule has 0 spiro atoms. The zero-order valence-corrected chi connectivity index (χ0v) is 15.1. The molecular formula is C22H30O2. The van der Waals surface area contributed by atoms with Crippen LogP contribution in [0.25, 0.3) is 0 Å². The summed E-state index contributed by atoms with van der Waals surface area (Å²) in [7, 11) is 0. The molecule has 0 amide bonds. The molecule has 2 aliphatic carbocycles. The Kier molecular flexibility index (Phi) is 7.81. The van der Waals surface area contributed by atoms with Crippen LogP contribution in [0.1, 0.15) is 71.6 Å². The summed E-state index contributed by atoms with van der Waals surface area (Å²) in [5.41, 5.74) is 3.51. The largest absolute Gasteiger partial charge is 0.423 e. The first-order valence-electron chi connectivity index (χ1n) is 9.41. The number of allylic oxidation sites excluding steroid dienone is 7. The third-order valence-electron chi connectivity index (χ3n) is 4.41. The topological polar surface area (TPSA) is 26.3 Å². The van der Waals surface area contributed by atoms with E-state index >= 15 is 0 Å². The summed E-state index contributed by atoms with van der Waals surface area (Å²) < 4.78 is 5.21. The first-order chi connectivity index (χ1) is 11.8. The second-order valence-corrected chi connectivity index (χ2v) is 6.45. The molecule has 2 heteroatoms. The van der Waals surface area contributed by atoms with Crippen LogP contribution in [0, 0.1) is 0 Å². The molecule has 0 aromatic rings. The Bertz CT molecular complexity index is 585. The van der Waals surface area contributed by atoms with E-state index in [1.807, 2.05) is 18.2 Å². The van der Waals surface area contributed by atoms with E-state index in [9.17, 15) is 4.79 Å². The number of unbranched alkanes of at least 4 members (excludes halogenated alkanes) is 2. The molecule has 3 rings (SSSR count). The Balaban J connectivity index is 0.000000185. The van der Waals surface area contributed by atoms with Gasteiger partial charge < -0.3 is 4.74 Å². The van der Waals surface area contributed by atoms with Gasteiger partial charge in [-0.25, -0.2) is 4.79 Å². The molecule has 0 N–H and O–H groups in total. The van der Waals surface area contributed by atoms with Gasteiger partial charge in [-0.1, -0.05) is 62.6 Å². The van der Waals surface area contributed by atoms with Crippen LogP contribution in [0.3, 0.4) is 0 Å². The average molecular weight is 326 g/mol. The number of ether oxygens (including phenoxy) is 1. The molecule has 3 aliphatic rings. The molecule has 0 saturated carbocycles. The SMILES string of the molecule is CCCC=C1CC=CCC1.CCCC=C1OC(=O)C2=C1CCC=C2. The number of esters is 1. The predicted octanol–water partition coefficient (Wildman–Crippen LogP) is 6.33. The Morgan fingerprint density at radius 2 is 1.75 bits per heavy atom. The highest BCUT2D eigenvalue weighted by atomic mass is 16.5. The van der Waals surface area contributed by atoms with Crippen molar-refractivity contribution in [2.75, 3.05) is 0 Å². The van der Waals surface area contributed by atoms with Crippen molar-refractivity contribution in [3.8, 4) is 0 Å². The standard InChI is InChI=1S/C12H14O2.C10H16/c1-2-3-8-11-9-6-4-5-7-10(9)12(13)14-11;1-2-3-7-10-8-5-4-6-9-10/h5,7-8H,2-4,6H2,1H3;4-5,7H,2-3,6,8-9H2,1H3. The molecule has 0 aromatic carbocycles. The van der Waals surface area contributed by atoms with Crippen LogP contribution in [-0.2, 0) is 9.53 Å². The summed E-state index contributed by atoms with van der Waals surface area (Å²) in [6.45, 7) is 4.35. The number of carbonyl (C=O) groups excluding carboxylic acids is 1. The molecule has 0 aromatic heterocycles. The van der Waals surface area contributed by atoms with E-state index in [1.54, 1.807) is 5.57 Å². The summed E-state index contributed by atoms with van der Waals surface area (Å²) >= 11 is 0. The van der Waals surface area contributed by atoms with E-state index in [0.717, 1.165) is 42.6 Å². The minimum atomic E-state index is -0.182. The van der Waals surface area contributed by atoms with Crippen molar-refractivity contribution in [1.82, 2.24) is 0 Å². The third kappa shape index (κ3) is 5.36. The lowest BCUT2D eigenvalue weighted by atomic mass is 9.97. The van der Waals surface area contributed by atoms with Gasteiger partial charge in [0.15, 0.2) is 0 Å². The highest BCUT2D eigenvalue weighted by Crippen LogP contribution is 2.33. The lowest BCUT2D eigenvalue weighted by Crippen LogP contribution is -1.97. The monoisotopic (exact) mass is 326 g/mol. The van der Waals surface area contributed by atoms with E-state index in [4.69, 9.17) is 4.74 Å². The lowest BCUT2D eigenvalue weighted by Gasteiger charge is -2.06. The van der Waals surface area contributed by atoms with Crippen molar-refractivity contribution in [2.24, 2.45) is 0 Å². The number of cyclic esters (lactones) is 1. The van der Waals surface area contributed by atoms with Gasteiger partial charge in [-0.05, 0) is 51.0 Å². The van der Waals surface area contributed by atoms with Crippen LogP contribution >= 0.6 is 0 Å². The first-order valence-corrected chi connectivity index (χ1v) is 9.41. The van der Waals surface area contributed by atoms with Crippen molar-refractivity contribution in [3.05, 3.63) is 58.9 Å². The summed E-state index contributed by atoms with van der Waals surface area (Å²) in [6, 6.07) is 0. The number of rotatable bonds is 4. The predicted molar refractivity (Wildman–Crippen MR) is 100 cm³/mol. The molecule has 0 radical (unpaired) electrons. The summed E-state index contributed by atoms with van der Waals surface area (Å²) in [6.07, 6.45) is 23.2. The molecule has 0 bridgehead atoms. The molecule has 1 aliphatic heterocycles. The van der Waals surface area contributed by atoms with Gasteiger partial charge in [0, 0.05) is 5.57 Å². The quantitative estimate of drug-likeness (QED) is 0.446. The Hall–Kier alpha value is -1.83. The molecule has 0 atom stereocenters. The van der Waals surface area contributed by atoms with Gasteiger partial charge in [-0.2, -0.15) is 0 Å². The highest BCUT2D eigenvalue weighted by Gasteiger charge is 2.28. The van der Waals surface area contributed by atoms with Gasteiger partial charge in [-0.3, -0.25) is 0 Å². The van der Waals surface area contributed by atoms with Crippen LogP contribution in [0.5, 0.6) is 0 Å². The first kappa shape index (κ1) is 18.5. The molecule has 1 heterocycles. The van der Waals surface area contributed by atoms with Crippen molar-refractivity contribution in [2.45, 2.75) is 71.6 Å². The van der Waals surface area contributed by atoms with E-state index < -0.39 is 0 Å². The van der Waals surface area contributed by atoms with Crippen molar-refractivity contribution in [1.29, 1.82) is 0 Å². The number of hydrogen-bond donors (Lipinski definition) is 0. The van der Waals surface area contributed by atoms with E-state index in [1.165, 1.54) is 32.1 Å². The minimum absolute atomic E-state index is 0.182. The van der Waals surface area contributed by atoms with Gasteiger partial charge in [0.25, 0.3) is 0 Å². The number of hydrogen-bond acceptors (Lipinski definition) is 2. The molecule has 0 saturated heterocycles. The second kappa shape index (κ2) is 10.1. The fourth-order valence-corrected chi connectivity index (χ4v) is 3.03. The van der Waals surface area contributed by atoms with Crippen molar-refractivity contribution < 1.29 is 9.53 Å². The zero-order valence-electron chi connectivity index (χ0n) is 15.1. The van der Waals surface area contributed by atoms with Crippen LogP contribution in [0.15, 0.2) is 58.9 Å². The van der Waals surface area contributed by atoms with Gasteiger partial charge in [0.1, 0.15) is 5.76 Å². The van der Waals surface area contributed by atoms with Crippen LogP contribution in [0.2, 0.25) is 0 Å². The maximum Gasteiger partial charge on any atom is 0.343 e. The molecule has 24 heavy (non-hydrogen) atoms. The van der Waals surface area contributed by atoms with Crippen LogP contribution in [-0.4, -0.2) is 5.97 Å².